The second-order valence-electron chi connectivity index (χ2n) is 7.37. The molecular formula is C25H24N4O4. The fraction of sp³-hybridized carbons (Fsp3) is 0.200. The van der Waals surface area contributed by atoms with Crippen molar-refractivity contribution in [2.24, 2.45) is 0 Å². The van der Waals surface area contributed by atoms with E-state index in [0.717, 1.165) is 15.9 Å². The van der Waals surface area contributed by atoms with Gasteiger partial charge >= 0.3 is 11.5 Å². The minimum atomic E-state index is -0.743. The highest BCUT2D eigenvalue weighted by Gasteiger charge is 2.26. The molecule has 0 amide bonds. The van der Waals surface area contributed by atoms with Crippen LogP contribution in [-0.4, -0.2) is 27.3 Å². The predicted molar refractivity (Wildman–Crippen MR) is 125 cm³/mol. The van der Waals surface area contributed by atoms with Crippen LogP contribution < -0.4 is 15.7 Å². The normalized spacial score (nSPS) is 11.7. The summed E-state index contributed by atoms with van der Waals surface area (Å²) in [6, 6.07) is 18.9. The van der Waals surface area contributed by atoms with Gasteiger partial charge in [0.05, 0.1) is 17.7 Å². The first-order valence-corrected chi connectivity index (χ1v) is 10.6. The first-order valence-electron chi connectivity index (χ1n) is 10.6. The first kappa shape index (κ1) is 22.0. The number of nitrogens with one attached hydrogen (secondary N) is 1. The van der Waals surface area contributed by atoms with Gasteiger partial charge < -0.3 is 14.9 Å². The minimum absolute atomic E-state index is 0.120. The molecule has 1 unspecified atom stereocenters. The molecule has 33 heavy (non-hydrogen) atoms. The van der Waals surface area contributed by atoms with Gasteiger partial charge in [0.2, 0.25) is 0 Å². The van der Waals surface area contributed by atoms with Gasteiger partial charge in [0, 0.05) is 12.2 Å². The first-order chi connectivity index (χ1) is 16.1. The molecular weight excluding hydrogens is 420 g/mol. The van der Waals surface area contributed by atoms with Crippen molar-refractivity contribution in [3.8, 4) is 0 Å². The number of esters is 1. The van der Waals surface area contributed by atoms with E-state index in [4.69, 9.17) is 9.57 Å². The quantitative estimate of drug-likeness (QED) is 0.413. The van der Waals surface area contributed by atoms with Crippen LogP contribution >= 0.6 is 0 Å². The Morgan fingerprint density at radius 2 is 1.79 bits per heavy atom. The van der Waals surface area contributed by atoms with Crippen LogP contribution in [0.2, 0.25) is 0 Å². The van der Waals surface area contributed by atoms with E-state index in [1.165, 1.54) is 6.33 Å². The second kappa shape index (κ2) is 9.95. The summed E-state index contributed by atoms with van der Waals surface area (Å²) < 4.78 is 6.25. The molecule has 4 aromatic rings. The number of benzene rings is 2. The number of carbonyl (C=O) groups excluding carboxylic acids is 1. The Balaban J connectivity index is 1.85. The number of carbonyl (C=O) groups is 1. The van der Waals surface area contributed by atoms with Crippen molar-refractivity contribution in [2.45, 2.75) is 26.5 Å². The number of aromatic nitrogens is 3. The van der Waals surface area contributed by atoms with E-state index in [1.54, 1.807) is 13.1 Å². The number of fused-ring (bicyclic) bond motifs is 1. The third kappa shape index (κ3) is 4.69. The summed E-state index contributed by atoms with van der Waals surface area (Å²) in [5.74, 6) is -0.743. The van der Waals surface area contributed by atoms with Crippen molar-refractivity contribution >= 4 is 22.7 Å². The maximum atomic E-state index is 13.5. The Kier molecular flexibility index (Phi) is 6.64. The van der Waals surface area contributed by atoms with E-state index in [2.05, 4.69) is 15.3 Å². The van der Waals surface area contributed by atoms with E-state index in [9.17, 15) is 9.59 Å². The third-order valence-corrected chi connectivity index (χ3v) is 5.14. The standard InChI is InChI=1S/C25H24N4O4/c1-3-32-25(31)21-22(28-17(2)19-12-8-5-9-13-19)20-14-26-16-27-23(20)29(24(21)30)33-15-18-10-6-4-7-11-18/h4-14,16-17,28H,3,15H2,1-2H3. The zero-order valence-electron chi connectivity index (χ0n) is 18.4. The average Bonchev–Trinajstić information content (AvgIpc) is 2.85. The number of hydrogen-bond donors (Lipinski definition) is 1. The Labute approximate surface area is 190 Å². The van der Waals surface area contributed by atoms with Gasteiger partial charge in [-0.2, -0.15) is 0 Å². The van der Waals surface area contributed by atoms with Crippen LogP contribution in [-0.2, 0) is 11.3 Å². The van der Waals surface area contributed by atoms with Gasteiger partial charge in [-0.15, -0.1) is 4.73 Å². The number of anilines is 1. The average molecular weight is 444 g/mol. The summed E-state index contributed by atoms with van der Waals surface area (Å²) in [5, 5.41) is 3.77. The van der Waals surface area contributed by atoms with Crippen LogP contribution in [0.4, 0.5) is 5.69 Å². The molecule has 1 N–H and O–H groups in total. The number of ether oxygens (including phenoxy) is 1. The monoisotopic (exact) mass is 444 g/mol. The van der Waals surface area contributed by atoms with E-state index in [1.807, 2.05) is 67.6 Å². The Morgan fingerprint density at radius 3 is 2.48 bits per heavy atom. The smallest absolute Gasteiger partial charge is 0.346 e. The van der Waals surface area contributed by atoms with E-state index < -0.39 is 11.5 Å². The largest absolute Gasteiger partial charge is 0.462 e. The van der Waals surface area contributed by atoms with Gasteiger partial charge in [-0.05, 0) is 25.0 Å². The van der Waals surface area contributed by atoms with Crippen molar-refractivity contribution in [3.63, 3.8) is 0 Å². The zero-order valence-corrected chi connectivity index (χ0v) is 18.4. The maximum absolute atomic E-state index is 13.5. The van der Waals surface area contributed by atoms with Crippen LogP contribution in [0.5, 0.6) is 0 Å². The summed E-state index contributed by atoms with van der Waals surface area (Å²) in [4.78, 5) is 40.6. The molecule has 0 saturated heterocycles. The Morgan fingerprint density at radius 1 is 1.09 bits per heavy atom. The van der Waals surface area contributed by atoms with Crippen LogP contribution in [0, 0.1) is 0 Å². The van der Waals surface area contributed by atoms with E-state index in [0.29, 0.717) is 11.1 Å². The predicted octanol–water partition coefficient (Wildman–Crippen LogP) is 3.77. The molecule has 0 aliphatic rings. The molecule has 0 saturated carbocycles. The summed E-state index contributed by atoms with van der Waals surface area (Å²) in [6.45, 7) is 3.87. The fourth-order valence-electron chi connectivity index (χ4n) is 3.52. The third-order valence-electron chi connectivity index (χ3n) is 5.14. The molecule has 0 aliphatic carbocycles. The molecule has 0 aliphatic heterocycles. The maximum Gasteiger partial charge on any atom is 0.346 e. The molecule has 2 aromatic carbocycles. The van der Waals surface area contributed by atoms with Gasteiger partial charge in [-0.25, -0.2) is 14.8 Å². The highest BCUT2D eigenvalue weighted by Crippen LogP contribution is 2.28. The molecule has 4 rings (SSSR count). The minimum Gasteiger partial charge on any atom is -0.462 e. The van der Waals surface area contributed by atoms with Gasteiger partial charge in [0.15, 0.2) is 11.2 Å². The van der Waals surface area contributed by atoms with E-state index in [-0.39, 0.29) is 30.5 Å². The van der Waals surface area contributed by atoms with Gasteiger partial charge in [-0.1, -0.05) is 60.7 Å². The van der Waals surface area contributed by atoms with Crippen molar-refractivity contribution in [2.75, 3.05) is 11.9 Å². The zero-order chi connectivity index (χ0) is 23.2. The molecule has 168 valence electrons. The molecule has 1 atom stereocenters. The van der Waals surface area contributed by atoms with Crippen molar-refractivity contribution < 1.29 is 14.4 Å². The number of nitrogens with zero attached hydrogens (tertiary/aromatic N) is 3. The molecule has 8 nitrogen and oxygen atoms in total. The molecule has 0 fully saturated rings. The molecule has 2 heterocycles. The van der Waals surface area contributed by atoms with Gasteiger partial charge in [0.25, 0.3) is 0 Å². The lowest BCUT2D eigenvalue weighted by Crippen LogP contribution is -2.34. The lowest BCUT2D eigenvalue weighted by Gasteiger charge is -2.21. The summed E-state index contributed by atoms with van der Waals surface area (Å²) in [7, 11) is 0. The molecule has 2 aromatic heterocycles. The topological polar surface area (TPSA) is 95.3 Å². The summed E-state index contributed by atoms with van der Waals surface area (Å²) >= 11 is 0. The van der Waals surface area contributed by atoms with Crippen molar-refractivity contribution in [1.29, 1.82) is 0 Å². The molecule has 0 bridgehead atoms. The van der Waals surface area contributed by atoms with Gasteiger partial charge in [0.1, 0.15) is 12.9 Å². The van der Waals surface area contributed by atoms with Crippen LogP contribution in [0.1, 0.15) is 41.4 Å². The molecule has 8 heteroatoms. The number of hydrogen-bond acceptors (Lipinski definition) is 7. The van der Waals surface area contributed by atoms with Crippen LogP contribution in [0.25, 0.3) is 11.0 Å². The SMILES string of the molecule is CCOC(=O)c1c(NC(C)c2ccccc2)c2cncnc2n(OCc2ccccc2)c1=O. The number of rotatable bonds is 8. The molecule has 0 spiro atoms. The summed E-state index contributed by atoms with van der Waals surface area (Å²) in [6.07, 6.45) is 2.88. The van der Waals surface area contributed by atoms with Gasteiger partial charge in [-0.3, -0.25) is 4.79 Å². The Bertz CT molecular complexity index is 1310. The Hall–Kier alpha value is -4.20. The van der Waals surface area contributed by atoms with E-state index >= 15 is 0 Å². The second-order valence-corrected chi connectivity index (χ2v) is 7.37. The number of pyridine rings is 1. The van der Waals surface area contributed by atoms with Crippen molar-refractivity contribution in [3.05, 3.63) is 100 Å². The van der Waals surface area contributed by atoms with Crippen LogP contribution in [0.15, 0.2) is 78.0 Å². The summed E-state index contributed by atoms with van der Waals surface area (Å²) in [5.41, 5.74) is 1.60. The highest BCUT2D eigenvalue weighted by atomic mass is 16.7. The van der Waals surface area contributed by atoms with Crippen molar-refractivity contribution in [1.82, 2.24) is 14.7 Å². The fourth-order valence-corrected chi connectivity index (χ4v) is 3.52. The highest BCUT2D eigenvalue weighted by molar-refractivity contribution is 6.04. The lowest BCUT2D eigenvalue weighted by atomic mass is 10.1. The van der Waals surface area contributed by atoms with Crippen LogP contribution in [0.3, 0.4) is 0 Å². The lowest BCUT2D eigenvalue weighted by molar-refractivity contribution is 0.0513. The molecule has 0 radical (unpaired) electrons.